The first-order chi connectivity index (χ1) is 19.3. The van der Waals surface area contributed by atoms with E-state index in [-0.39, 0.29) is 24.7 Å². The molecule has 5 atom stereocenters. The summed E-state index contributed by atoms with van der Waals surface area (Å²) in [6, 6.07) is 16.0. The number of ether oxygens (including phenoxy) is 2. The molecule has 4 aliphatic rings. The minimum atomic E-state index is -1.20. The lowest BCUT2D eigenvalue weighted by Gasteiger charge is -2.33. The van der Waals surface area contributed by atoms with Crippen LogP contribution in [0.5, 0.6) is 5.75 Å². The first kappa shape index (κ1) is 24.9. The van der Waals surface area contributed by atoms with Crippen LogP contribution in [-0.2, 0) is 20.7 Å². The third-order valence-electron chi connectivity index (χ3n) is 9.40. The van der Waals surface area contributed by atoms with E-state index in [9.17, 15) is 19.5 Å². The molecular weight excluding hydrogens is 508 g/mol. The largest absolute Gasteiger partial charge is 0.493 e. The van der Waals surface area contributed by atoms with Gasteiger partial charge in [-0.25, -0.2) is 9.74 Å². The Labute approximate surface area is 231 Å². The predicted octanol–water partition coefficient (Wildman–Crippen LogP) is 4.78. The lowest BCUT2D eigenvalue weighted by atomic mass is 9.66. The zero-order valence-electron chi connectivity index (χ0n) is 22.1. The second-order valence-electron chi connectivity index (χ2n) is 11.5. The molecule has 1 N–H and O–H groups in total. The second-order valence-corrected chi connectivity index (χ2v) is 11.5. The van der Waals surface area contributed by atoms with E-state index in [1.807, 2.05) is 42.5 Å². The van der Waals surface area contributed by atoms with Crippen molar-refractivity contribution in [3.63, 3.8) is 0 Å². The van der Waals surface area contributed by atoms with Crippen molar-refractivity contribution in [1.29, 1.82) is 0 Å². The number of Topliss-reactive ketones (excluding diaryl/α,β-unsaturated/α-hetero) is 1. The highest BCUT2D eigenvalue weighted by molar-refractivity contribution is 6.26. The standard InChI is InChI=1S/C32H28N2O6/c1-31-26(36)17-32(40-31,15-16-39-25-12-6-9-20-21(25)10-5-11-24(20)35)28-27(31)29(37)34(30(28)38)23-14-13-22(33-2)18-7-3-4-8-19(18)23/h3-4,6-9,12-14,26-28,36H,5,10-11,15-17H2,1H3/t26-,27-,28+,31?,32?/m1/s1. The number of benzene rings is 3. The highest BCUT2D eigenvalue weighted by Crippen LogP contribution is 2.62. The SMILES string of the molecule is [C-]#[N+]c1ccc(N2C(=O)[C@@H]3[C@H](C2=O)C2(C)OC3(CCOc3cccc4c3CCCC4=O)C[C@H]2O)c2ccccc12. The molecule has 3 aromatic rings. The van der Waals surface area contributed by atoms with Crippen LogP contribution < -0.4 is 9.64 Å². The number of amides is 2. The Morgan fingerprint density at radius 2 is 1.80 bits per heavy atom. The number of hydrogen-bond acceptors (Lipinski definition) is 6. The molecule has 3 fully saturated rings. The molecule has 0 saturated carbocycles. The van der Waals surface area contributed by atoms with Gasteiger partial charge >= 0.3 is 0 Å². The summed E-state index contributed by atoms with van der Waals surface area (Å²) in [5.41, 5.74) is 0.241. The fourth-order valence-corrected chi connectivity index (χ4v) is 7.54. The molecule has 1 aliphatic carbocycles. The summed E-state index contributed by atoms with van der Waals surface area (Å²) in [6.07, 6.45) is 1.71. The summed E-state index contributed by atoms with van der Waals surface area (Å²) >= 11 is 0. The first-order valence-corrected chi connectivity index (χ1v) is 13.7. The molecule has 0 spiro atoms. The molecule has 2 unspecified atom stereocenters. The Balaban J connectivity index is 1.21. The van der Waals surface area contributed by atoms with Gasteiger partial charge in [-0.2, -0.15) is 0 Å². The number of imide groups is 1. The van der Waals surface area contributed by atoms with Gasteiger partial charge in [0.1, 0.15) is 11.4 Å². The van der Waals surface area contributed by atoms with E-state index in [0.29, 0.717) is 46.3 Å². The van der Waals surface area contributed by atoms with Crippen molar-refractivity contribution in [2.75, 3.05) is 11.5 Å². The minimum absolute atomic E-state index is 0.119. The molecule has 0 aromatic heterocycles. The van der Waals surface area contributed by atoms with Gasteiger partial charge in [0.15, 0.2) is 11.5 Å². The maximum Gasteiger partial charge on any atom is 0.240 e. The summed E-state index contributed by atoms with van der Waals surface area (Å²) < 4.78 is 12.6. The monoisotopic (exact) mass is 536 g/mol. The molecule has 7 rings (SSSR count). The summed E-state index contributed by atoms with van der Waals surface area (Å²) in [5, 5.41) is 12.4. The van der Waals surface area contributed by atoms with Crippen LogP contribution in [0.3, 0.4) is 0 Å². The quantitative estimate of drug-likeness (QED) is 0.373. The summed E-state index contributed by atoms with van der Waals surface area (Å²) in [5.74, 6) is -1.56. The number of carbonyl (C=O) groups is 3. The van der Waals surface area contributed by atoms with Gasteiger partial charge in [-0.15, -0.1) is 0 Å². The average molecular weight is 537 g/mol. The van der Waals surface area contributed by atoms with E-state index in [4.69, 9.17) is 16.0 Å². The van der Waals surface area contributed by atoms with Crippen molar-refractivity contribution in [3.8, 4) is 5.75 Å². The lowest BCUT2D eigenvalue weighted by molar-refractivity contribution is -0.134. The van der Waals surface area contributed by atoms with Crippen LogP contribution in [0.4, 0.5) is 11.4 Å². The van der Waals surface area contributed by atoms with E-state index in [2.05, 4.69) is 4.85 Å². The summed E-state index contributed by atoms with van der Waals surface area (Å²) in [4.78, 5) is 45.2. The smallest absolute Gasteiger partial charge is 0.240 e. The van der Waals surface area contributed by atoms with Crippen molar-refractivity contribution >= 4 is 39.7 Å². The van der Waals surface area contributed by atoms with Crippen molar-refractivity contribution in [2.24, 2.45) is 11.8 Å². The second kappa shape index (κ2) is 8.72. The zero-order valence-corrected chi connectivity index (χ0v) is 22.1. The van der Waals surface area contributed by atoms with Gasteiger partial charge in [-0.1, -0.05) is 42.5 Å². The predicted molar refractivity (Wildman–Crippen MR) is 146 cm³/mol. The molecule has 3 heterocycles. The van der Waals surface area contributed by atoms with Crippen molar-refractivity contribution in [3.05, 3.63) is 77.1 Å². The van der Waals surface area contributed by atoms with E-state index >= 15 is 0 Å². The van der Waals surface area contributed by atoms with Crippen LogP contribution >= 0.6 is 0 Å². The molecule has 40 heavy (non-hydrogen) atoms. The topological polar surface area (TPSA) is 97.5 Å². The van der Waals surface area contributed by atoms with Gasteiger partial charge in [0.25, 0.3) is 0 Å². The van der Waals surface area contributed by atoms with Crippen LogP contribution in [0.2, 0.25) is 0 Å². The van der Waals surface area contributed by atoms with Crippen LogP contribution in [-0.4, -0.2) is 46.6 Å². The Kier molecular flexibility index (Phi) is 5.44. The van der Waals surface area contributed by atoms with Crippen molar-refractivity contribution in [2.45, 2.75) is 56.3 Å². The summed E-state index contributed by atoms with van der Waals surface area (Å²) in [7, 11) is 0. The Morgan fingerprint density at radius 1 is 1.02 bits per heavy atom. The fourth-order valence-electron chi connectivity index (χ4n) is 7.54. The van der Waals surface area contributed by atoms with E-state index in [1.54, 1.807) is 19.1 Å². The van der Waals surface area contributed by atoms with Gasteiger partial charge in [0, 0.05) is 30.4 Å². The Bertz CT molecular complexity index is 1660. The van der Waals surface area contributed by atoms with Crippen LogP contribution in [0.25, 0.3) is 15.6 Å². The van der Waals surface area contributed by atoms with Crippen molar-refractivity contribution < 1.29 is 29.0 Å². The molecular formula is C32H28N2O6. The number of ketones is 1. The first-order valence-electron chi connectivity index (χ1n) is 13.7. The molecule has 2 amide bonds. The van der Waals surface area contributed by atoms with E-state index in [1.165, 1.54) is 4.90 Å². The van der Waals surface area contributed by atoms with Crippen LogP contribution in [0, 0.1) is 18.4 Å². The van der Waals surface area contributed by atoms with E-state index < -0.39 is 35.0 Å². The van der Waals surface area contributed by atoms with Crippen LogP contribution in [0.15, 0.2) is 54.6 Å². The number of nitrogens with zero attached hydrogens (tertiary/aromatic N) is 2. The Hall–Kier alpha value is -4.06. The molecule has 3 aliphatic heterocycles. The molecule has 8 nitrogen and oxygen atoms in total. The van der Waals surface area contributed by atoms with Gasteiger partial charge in [0.05, 0.1) is 42.4 Å². The number of carbonyl (C=O) groups excluding carboxylic acids is 3. The normalized spacial score (nSPS) is 30.5. The van der Waals surface area contributed by atoms with Gasteiger partial charge in [-0.05, 0) is 42.7 Å². The number of fused-ring (bicyclic) bond motifs is 7. The molecule has 2 bridgehead atoms. The number of anilines is 1. The summed E-state index contributed by atoms with van der Waals surface area (Å²) in [6.45, 7) is 9.45. The molecule has 0 radical (unpaired) electrons. The third kappa shape index (κ3) is 3.28. The van der Waals surface area contributed by atoms with Gasteiger partial charge in [0.2, 0.25) is 11.8 Å². The highest BCUT2D eigenvalue weighted by Gasteiger charge is 2.77. The molecule has 3 aromatic carbocycles. The number of rotatable bonds is 5. The lowest BCUT2D eigenvalue weighted by Crippen LogP contribution is -2.49. The zero-order chi connectivity index (χ0) is 27.8. The molecule has 3 saturated heterocycles. The third-order valence-corrected chi connectivity index (χ3v) is 9.40. The maximum atomic E-state index is 14.1. The maximum absolute atomic E-state index is 14.1. The fraction of sp³-hybridized carbons (Fsp3) is 0.375. The van der Waals surface area contributed by atoms with E-state index in [0.717, 1.165) is 18.4 Å². The van der Waals surface area contributed by atoms with Crippen molar-refractivity contribution in [1.82, 2.24) is 0 Å². The molecule has 202 valence electrons. The Morgan fingerprint density at radius 3 is 2.60 bits per heavy atom. The van der Waals surface area contributed by atoms with Crippen LogP contribution in [0.1, 0.15) is 48.5 Å². The van der Waals surface area contributed by atoms with Gasteiger partial charge in [-0.3, -0.25) is 14.4 Å². The molecule has 8 heteroatoms. The number of hydrogen-bond donors (Lipinski definition) is 1. The highest BCUT2D eigenvalue weighted by atomic mass is 16.6. The number of aliphatic hydroxyl groups is 1. The minimum Gasteiger partial charge on any atom is -0.493 e. The van der Waals surface area contributed by atoms with Gasteiger partial charge < -0.3 is 14.6 Å². The average Bonchev–Trinajstić information content (AvgIpc) is 3.49. The number of aliphatic hydroxyl groups excluding tert-OH is 1.